The molecule has 1 amide bonds. The first-order valence-electron chi connectivity index (χ1n) is 6.35. The highest BCUT2D eigenvalue weighted by Gasteiger charge is 2.53. The summed E-state index contributed by atoms with van der Waals surface area (Å²) in [4.78, 5) is 14.6. The fraction of sp³-hybridized carbons (Fsp3) is 0.750. The van der Waals surface area contributed by atoms with Crippen molar-refractivity contribution in [1.29, 1.82) is 0 Å². The lowest BCUT2D eigenvalue weighted by molar-refractivity contribution is -0.0957. The van der Waals surface area contributed by atoms with E-state index in [-0.39, 0.29) is 11.8 Å². The zero-order valence-electron chi connectivity index (χ0n) is 10.6. The highest BCUT2D eigenvalue weighted by Crippen LogP contribution is 2.45. The summed E-state index contributed by atoms with van der Waals surface area (Å²) in [5.41, 5.74) is 0.151. The zero-order valence-corrected chi connectivity index (χ0v) is 11.4. The van der Waals surface area contributed by atoms with E-state index >= 15 is 0 Å². The molecule has 0 bridgehead atoms. The number of hydrogen-bond donors (Lipinski definition) is 1. The van der Waals surface area contributed by atoms with Crippen LogP contribution in [0.5, 0.6) is 0 Å². The molecular formula is C12H17N3O2S. The first-order valence-corrected chi connectivity index (χ1v) is 7.12. The quantitative estimate of drug-likeness (QED) is 0.895. The van der Waals surface area contributed by atoms with Gasteiger partial charge in [-0.2, -0.15) is 0 Å². The van der Waals surface area contributed by atoms with Gasteiger partial charge in [0.2, 0.25) is 0 Å². The molecule has 0 unspecified atom stereocenters. The van der Waals surface area contributed by atoms with E-state index in [4.69, 9.17) is 0 Å². The van der Waals surface area contributed by atoms with E-state index in [2.05, 4.69) is 9.59 Å². The van der Waals surface area contributed by atoms with Crippen molar-refractivity contribution >= 4 is 17.4 Å². The van der Waals surface area contributed by atoms with Crippen LogP contribution in [0.4, 0.5) is 0 Å². The Bertz CT molecular complexity index is 475. The Morgan fingerprint density at radius 3 is 2.72 bits per heavy atom. The van der Waals surface area contributed by atoms with Crippen molar-refractivity contribution in [2.45, 2.75) is 38.2 Å². The van der Waals surface area contributed by atoms with Crippen LogP contribution < -0.4 is 0 Å². The number of aliphatic hydroxyl groups is 1. The van der Waals surface area contributed by atoms with Crippen molar-refractivity contribution in [3.63, 3.8) is 0 Å². The number of β-amino-alcohol motifs (C(OH)–C–C–N with tert-alkyl or cyclic N) is 1. The van der Waals surface area contributed by atoms with Gasteiger partial charge in [-0.25, -0.2) is 0 Å². The van der Waals surface area contributed by atoms with Crippen molar-refractivity contribution in [1.82, 2.24) is 14.5 Å². The van der Waals surface area contributed by atoms with Gasteiger partial charge in [-0.05, 0) is 36.2 Å². The Balaban J connectivity index is 1.71. The topological polar surface area (TPSA) is 66.3 Å². The second kappa shape index (κ2) is 3.99. The van der Waals surface area contributed by atoms with Crippen LogP contribution in [0.25, 0.3) is 0 Å². The molecule has 6 heteroatoms. The van der Waals surface area contributed by atoms with Crippen LogP contribution in [-0.2, 0) is 0 Å². The first kappa shape index (κ1) is 12.0. The summed E-state index contributed by atoms with van der Waals surface area (Å²) < 4.78 is 3.87. The number of carbonyl (C=O) groups is 1. The maximum atomic E-state index is 12.3. The highest BCUT2D eigenvalue weighted by molar-refractivity contribution is 7.08. The molecule has 1 aliphatic carbocycles. The molecule has 5 nitrogen and oxygen atoms in total. The Hall–Kier alpha value is -1.01. The number of likely N-dealkylation sites (tertiary alicyclic amines) is 1. The molecule has 2 heterocycles. The Morgan fingerprint density at radius 2 is 2.17 bits per heavy atom. The number of nitrogens with zero attached hydrogens (tertiary/aromatic N) is 3. The fourth-order valence-electron chi connectivity index (χ4n) is 2.50. The number of rotatable bonds is 3. The van der Waals surface area contributed by atoms with Crippen LogP contribution in [0.3, 0.4) is 0 Å². The molecule has 1 aromatic rings. The predicted octanol–water partition coefficient (Wildman–Crippen LogP) is 1.26. The molecule has 1 aromatic heterocycles. The number of carbonyl (C=O) groups excluding carboxylic acids is 1. The SMILES string of the molecule is CC(C)c1nnsc1C(=O)N1CC(O)(C2CC2)C1. The summed E-state index contributed by atoms with van der Waals surface area (Å²) in [6, 6.07) is 0. The average molecular weight is 267 g/mol. The molecule has 18 heavy (non-hydrogen) atoms. The summed E-state index contributed by atoms with van der Waals surface area (Å²) in [6.07, 6.45) is 2.19. The van der Waals surface area contributed by atoms with E-state index in [1.54, 1.807) is 4.90 Å². The monoisotopic (exact) mass is 267 g/mol. The van der Waals surface area contributed by atoms with E-state index < -0.39 is 5.60 Å². The van der Waals surface area contributed by atoms with Crippen molar-refractivity contribution in [2.75, 3.05) is 13.1 Å². The summed E-state index contributed by atoms with van der Waals surface area (Å²) in [6.45, 7) is 4.94. The molecule has 1 N–H and O–H groups in total. The normalized spacial score (nSPS) is 22.1. The van der Waals surface area contributed by atoms with E-state index in [0.717, 1.165) is 30.1 Å². The van der Waals surface area contributed by atoms with Gasteiger partial charge in [0.05, 0.1) is 18.8 Å². The average Bonchev–Trinajstić information content (AvgIpc) is 3.01. The number of amides is 1. The van der Waals surface area contributed by atoms with Gasteiger partial charge in [0.15, 0.2) is 0 Å². The largest absolute Gasteiger partial charge is 0.386 e. The van der Waals surface area contributed by atoms with Gasteiger partial charge in [0.1, 0.15) is 10.5 Å². The molecule has 0 atom stereocenters. The van der Waals surface area contributed by atoms with E-state index in [9.17, 15) is 9.90 Å². The summed E-state index contributed by atoms with van der Waals surface area (Å²) in [5, 5.41) is 14.2. The zero-order chi connectivity index (χ0) is 12.9. The maximum Gasteiger partial charge on any atom is 0.267 e. The van der Waals surface area contributed by atoms with Crippen molar-refractivity contribution < 1.29 is 9.90 Å². The molecule has 1 saturated heterocycles. The smallest absolute Gasteiger partial charge is 0.267 e. The van der Waals surface area contributed by atoms with Gasteiger partial charge in [-0.1, -0.05) is 18.3 Å². The van der Waals surface area contributed by atoms with Crippen molar-refractivity contribution in [3.8, 4) is 0 Å². The molecule has 0 spiro atoms. The molecule has 2 aliphatic rings. The standard InChI is InChI=1S/C12H17N3O2S/c1-7(2)9-10(18-14-13-9)11(16)15-5-12(17,6-15)8-3-4-8/h7-8,17H,3-6H2,1-2H3. The lowest BCUT2D eigenvalue weighted by Gasteiger charge is -2.46. The minimum atomic E-state index is -0.619. The molecule has 0 aromatic carbocycles. The Labute approximate surface area is 110 Å². The van der Waals surface area contributed by atoms with E-state index in [0.29, 0.717) is 23.9 Å². The van der Waals surface area contributed by atoms with Gasteiger partial charge in [0, 0.05) is 0 Å². The minimum Gasteiger partial charge on any atom is -0.386 e. The van der Waals surface area contributed by atoms with Crippen LogP contribution in [-0.4, -0.2) is 44.2 Å². The number of hydrogen-bond acceptors (Lipinski definition) is 5. The van der Waals surface area contributed by atoms with Crippen LogP contribution >= 0.6 is 11.5 Å². The van der Waals surface area contributed by atoms with Gasteiger partial charge in [0.25, 0.3) is 5.91 Å². The third-order valence-electron chi connectivity index (χ3n) is 3.81. The fourth-order valence-corrected chi connectivity index (χ4v) is 3.29. The molecule has 0 radical (unpaired) electrons. The molecule has 1 saturated carbocycles. The number of aromatic nitrogens is 2. The predicted molar refractivity (Wildman–Crippen MR) is 67.6 cm³/mol. The van der Waals surface area contributed by atoms with Crippen LogP contribution in [0.15, 0.2) is 0 Å². The summed E-state index contributed by atoms with van der Waals surface area (Å²) in [5.74, 6) is 0.580. The Morgan fingerprint density at radius 1 is 1.50 bits per heavy atom. The van der Waals surface area contributed by atoms with Gasteiger partial charge < -0.3 is 10.0 Å². The van der Waals surface area contributed by atoms with Crippen LogP contribution in [0, 0.1) is 5.92 Å². The van der Waals surface area contributed by atoms with Crippen LogP contribution in [0.2, 0.25) is 0 Å². The van der Waals surface area contributed by atoms with E-state index in [1.807, 2.05) is 13.8 Å². The second-order valence-corrected chi connectivity index (χ2v) is 6.44. The molecular weight excluding hydrogens is 250 g/mol. The molecule has 98 valence electrons. The van der Waals surface area contributed by atoms with E-state index in [1.165, 1.54) is 0 Å². The Kier molecular flexibility index (Phi) is 2.67. The third kappa shape index (κ3) is 1.83. The van der Waals surface area contributed by atoms with Gasteiger partial charge in [-0.15, -0.1) is 5.10 Å². The second-order valence-electron chi connectivity index (χ2n) is 5.68. The van der Waals surface area contributed by atoms with Crippen LogP contribution in [0.1, 0.15) is 48.0 Å². The van der Waals surface area contributed by atoms with Gasteiger partial charge >= 0.3 is 0 Å². The van der Waals surface area contributed by atoms with Crippen molar-refractivity contribution in [3.05, 3.63) is 10.6 Å². The highest BCUT2D eigenvalue weighted by atomic mass is 32.1. The molecule has 1 aliphatic heterocycles. The van der Waals surface area contributed by atoms with Crippen molar-refractivity contribution in [2.24, 2.45) is 5.92 Å². The van der Waals surface area contributed by atoms with Gasteiger partial charge in [-0.3, -0.25) is 4.79 Å². The maximum absolute atomic E-state index is 12.3. The minimum absolute atomic E-state index is 0.0287. The molecule has 3 rings (SSSR count). The third-order valence-corrected chi connectivity index (χ3v) is 4.54. The lowest BCUT2D eigenvalue weighted by Crippen LogP contribution is -2.64. The molecule has 2 fully saturated rings. The first-order chi connectivity index (χ1) is 8.51. The summed E-state index contributed by atoms with van der Waals surface area (Å²) in [7, 11) is 0. The lowest BCUT2D eigenvalue weighted by atomic mass is 9.88. The summed E-state index contributed by atoms with van der Waals surface area (Å²) >= 11 is 1.15.